The topological polar surface area (TPSA) is 32.3 Å². The zero-order chi connectivity index (χ0) is 14.6. The molecular weight excluding hydrogens is 222 g/mol. The van der Waals surface area contributed by atoms with Gasteiger partial charge in [-0.25, -0.2) is 0 Å². The predicted octanol–water partition coefficient (Wildman–Crippen LogP) is 4.37. The Labute approximate surface area is 116 Å². The zero-order valence-corrected chi connectivity index (χ0v) is 13.8. The monoisotopic (exact) mass is 259 g/mol. The van der Waals surface area contributed by atoms with E-state index in [1.165, 1.54) is 19.3 Å². The molecule has 18 heavy (non-hydrogen) atoms. The van der Waals surface area contributed by atoms with Crippen LogP contribution in [0.3, 0.4) is 0 Å². The first-order chi connectivity index (χ1) is 8.47. The predicted molar refractivity (Wildman–Crippen MR) is 83.0 cm³/mol. The minimum Gasteiger partial charge on any atom is -0.396 e. The number of nitrogens with one attached hydrogen (secondary N) is 1. The van der Waals surface area contributed by atoms with Gasteiger partial charge in [-0.2, -0.15) is 0 Å². The van der Waals surface area contributed by atoms with Crippen LogP contribution in [0.15, 0.2) is 0 Å². The second kappa shape index (κ2) is 12.0. The van der Waals surface area contributed by atoms with Crippen LogP contribution < -0.4 is 5.32 Å². The maximum absolute atomic E-state index is 8.81. The molecule has 1 saturated carbocycles. The van der Waals surface area contributed by atoms with Gasteiger partial charge in [-0.05, 0) is 25.7 Å². The number of hydrogen-bond donors (Lipinski definition) is 2. The standard InChI is InChI=1S/C9H21NO.C5H10.C2H6/c1-5-9(4,6-7-11)10-8(2)3;1-2-5-3-4-5;1-2/h8,10-11H,5-7H2,1-4H3;5H,2-4H2,1H3;1-2H3. The van der Waals surface area contributed by atoms with Crippen molar-refractivity contribution in [3.63, 3.8) is 0 Å². The normalized spacial score (nSPS) is 17.2. The van der Waals surface area contributed by atoms with Crippen molar-refractivity contribution < 1.29 is 5.11 Å². The van der Waals surface area contributed by atoms with Gasteiger partial charge in [0.25, 0.3) is 0 Å². The van der Waals surface area contributed by atoms with Gasteiger partial charge in [0.1, 0.15) is 0 Å². The van der Waals surface area contributed by atoms with E-state index in [1.54, 1.807) is 0 Å². The van der Waals surface area contributed by atoms with Crippen LogP contribution in [0, 0.1) is 5.92 Å². The first kappa shape index (κ1) is 20.2. The van der Waals surface area contributed by atoms with E-state index in [4.69, 9.17) is 5.11 Å². The maximum Gasteiger partial charge on any atom is 0.0448 e. The van der Waals surface area contributed by atoms with Crippen molar-refractivity contribution in [2.75, 3.05) is 6.61 Å². The molecule has 1 aliphatic carbocycles. The van der Waals surface area contributed by atoms with Gasteiger partial charge in [-0.3, -0.25) is 0 Å². The SMILES string of the molecule is CC.CCC(C)(CCO)NC(C)C.CCC1CC1. The lowest BCUT2D eigenvalue weighted by atomic mass is 9.94. The maximum atomic E-state index is 8.81. The lowest BCUT2D eigenvalue weighted by molar-refractivity contribution is 0.207. The highest BCUT2D eigenvalue weighted by molar-refractivity contribution is 4.82. The molecule has 0 spiro atoms. The third-order valence-electron chi connectivity index (χ3n) is 3.36. The smallest absolute Gasteiger partial charge is 0.0448 e. The molecule has 0 aromatic heterocycles. The van der Waals surface area contributed by atoms with E-state index in [0.717, 1.165) is 18.8 Å². The average Bonchev–Trinajstić information content (AvgIpc) is 3.15. The summed E-state index contributed by atoms with van der Waals surface area (Å²) in [6.07, 6.45) is 6.33. The van der Waals surface area contributed by atoms with Gasteiger partial charge < -0.3 is 10.4 Å². The van der Waals surface area contributed by atoms with E-state index in [1.807, 2.05) is 13.8 Å². The Morgan fingerprint density at radius 1 is 1.22 bits per heavy atom. The third kappa shape index (κ3) is 12.4. The summed E-state index contributed by atoms with van der Waals surface area (Å²) < 4.78 is 0. The summed E-state index contributed by atoms with van der Waals surface area (Å²) in [5.74, 6) is 1.13. The molecule has 0 amide bonds. The Balaban J connectivity index is 0. The molecule has 1 aliphatic rings. The minimum atomic E-state index is 0.114. The molecule has 0 aromatic carbocycles. The zero-order valence-electron chi connectivity index (χ0n) is 13.8. The van der Waals surface area contributed by atoms with Crippen LogP contribution in [0.4, 0.5) is 0 Å². The first-order valence-electron chi connectivity index (χ1n) is 7.86. The Kier molecular flexibility index (Phi) is 13.5. The summed E-state index contributed by atoms with van der Waals surface area (Å²) in [5, 5.41) is 12.3. The number of aliphatic hydroxyl groups excluding tert-OH is 1. The van der Waals surface area contributed by atoms with Crippen LogP contribution >= 0.6 is 0 Å². The average molecular weight is 259 g/mol. The fraction of sp³-hybridized carbons (Fsp3) is 1.00. The van der Waals surface area contributed by atoms with Crippen molar-refractivity contribution in [3.8, 4) is 0 Å². The van der Waals surface area contributed by atoms with Crippen LogP contribution in [-0.2, 0) is 0 Å². The van der Waals surface area contributed by atoms with Crippen LogP contribution in [0.25, 0.3) is 0 Å². The Bertz CT molecular complexity index is 166. The van der Waals surface area contributed by atoms with Crippen LogP contribution in [0.5, 0.6) is 0 Å². The summed E-state index contributed by atoms with van der Waals surface area (Å²) in [4.78, 5) is 0. The number of aliphatic hydroxyl groups is 1. The van der Waals surface area contributed by atoms with Crippen molar-refractivity contribution in [1.82, 2.24) is 5.32 Å². The van der Waals surface area contributed by atoms with Crippen molar-refractivity contribution in [3.05, 3.63) is 0 Å². The molecule has 0 bridgehead atoms. The van der Waals surface area contributed by atoms with Gasteiger partial charge in [0.2, 0.25) is 0 Å². The van der Waals surface area contributed by atoms with Gasteiger partial charge in [0, 0.05) is 18.2 Å². The van der Waals surface area contributed by atoms with E-state index in [0.29, 0.717) is 6.04 Å². The van der Waals surface area contributed by atoms with Crippen molar-refractivity contribution in [2.24, 2.45) is 5.92 Å². The molecule has 2 nitrogen and oxygen atoms in total. The highest BCUT2D eigenvalue weighted by Crippen LogP contribution is 2.31. The summed E-state index contributed by atoms with van der Waals surface area (Å²) >= 11 is 0. The van der Waals surface area contributed by atoms with Crippen LogP contribution in [-0.4, -0.2) is 23.3 Å². The number of rotatable bonds is 6. The van der Waals surface area contributed by atoms with Crippen molar-refractivity contribution in [1.29, 1.82) is 0 Å². The van der Waals surface area contributed by atoms with E-state index >= 15 is 0 Å². The first-order valence-corrected chi connectivity index (χ1v) is 7.86. The summed E-state index contributed by atoms with van der Waals surface area (Å²) in [7, 11) is 0. The van der Waals surface area contributed by atoms with Crippen molar-refractivity contribution >= 4 is 0 Å². The lowest BCUT2D eigenvalue weighted by Crippen LogP contribution is -2.46. The van der Waals surface area contributed by atoms with Crippen LogP contribution in [0.1, 0.15) is 80.6 Å². The summed E-state index contributed by atoms with van der Waals surface area (Å²) in [6.45, 7) is 15.1. The number of hydrogen-bond acceptors (Lipinski definition) is 2. The fourth-order valence-electron chi connectivity index (χ4n) is 1.82. The molecule has 112 valence electrons. The molecule has 0 aromatic rings. The lowest BCUT2D eigenvalue weighted by Gasteiger charge is -2.31. The second-order valence-corrected chi connectivity index (χ2v) is 5.54. The van der Waals surface area contributed by atoms with Gasteiger partial charge in [0.15, 0.2) is 0 Å². The summed E-state index contributed by atoms with van der Waals surface area (Å²) in [6, 6.07) is 0.492. The Morgan fingerprint density at radius 3 is 1.89 bits per heavy atom. The molecule has 0 saturated heterocycles. The molecule has 2 heteroatoms. The van der Waals surface area contributed by atoms with Crippen LogP contribution in [0.2, 0.25) is 0 Å². The minimum absolute atomic E-state index is 0.114. The molecule has 0 heterocycles. The Morgan fingerprint density at radius 2 is 1.72 bits per heavy atom. The molecule has 0 aliphatic heterocycles. The summed E-state index contributed by atoms with van der Waals surface area (Å²) in [5.41, 5.74) is 0.114. The van der Waals surface area contributed by atoms with Gasteiger partial charge in [-0.1, -0.05) is 60.8 Å². The highest BCUT2D eigenvalue weighted by Gasteiger charge is 2.21. The Hall–Kier alpha value is -0.0800. The molecule has 1 fully saturated rings. The molecule has 0 radical (unpaired) electrons. The van der Waals surface area contributed by atoms with Crippen molar-refractivity contribution in [2.45, 2.75) is 92.2 Å². The van der Waals surface area contributed by atoms with E-state index in [-0.39, 0.29) is 12.1 Å². The molecule has 1 atom stereocenters. The molecule has 1 unspecified atom stereocenters. The van der Waals surface area contributed by atoms with Gasteiger partial charge in [-0.15, -0.1) is 0 Å². The van der Waals surface area contributed by atoms with Gasteiger partial charge >= 0.3 is 0 Å². The van der Waals surface area contributed by atoms with E-state index < -0.39 is 0 Å². The highest BCUT2D eigenvalue weighted by atomic mass is 16.3. The van der Waals surface area contributed by atoms with E-state index in [2.05, 4.69) is 39.9 Å². The molecular formula is C16H37NO. The second-order valence-electron chi connectivity index (χ2n) is 5.54. The van der Waals surface area contributed by atoms with E-state index in [9.17, 15) is 0 Å². The van der Waals surface area contributed by atoms with Gasteiger partial charge in [0.05, 0.1) is 0 Å². The quantitative estimate of drug-likeness (QED) is 0.742. The largest absolute Gasteiger partial charge is 0.396 e. The fourth-order valence-corrected chi connectivity index (χ4v) is 1.82. The third-order valence-corrected chi connectivity index (χ3v) is 3.36. The molecule has 2 N–H and O–H groups in total. The molecule has 1 rings (SSSR count).